The molecule has 0 atom stereocenters. The van der Waals surface area contributed by atoms with E-state index < -0.39 is 0 Å². The molecule has 1 aromatic heterocycles. The van der Waals surface area contributed by atoms with Crippen molar-refractivity contribution in [1.29, 1.82) is 0 Å². The third kappa shape index (κ3) is 5.12. The first-order valence-corrected chi connectivity index (χ1v) is 10.7. The molecule has 1 aromatic carbocycles. The van der Waals surface area contributed by atoms with Gasteiger partial charge in [0.05, 0.1) is 5.56 Å². The molecular formula is C23H29FN4O. The van der Waals surface area contributed by atoms with E-state index >= 15 is 0 Å². The average molecular weight is 397 g/mol. The first-order chi connectivity index (χ1) is 14.2. The van der Waals surface area contributed by atoms with Crippen molar-refractivity contribution in [2.75, 3.05) is 31.5 Å². The number of halogens is 1. The van der Waals surface area contributed by atoms with Crippen LogP contribution in [-0.2, 0) is 6.54 Å². The number of aromatic nitrogens is 1. The lowest BCUT2D eigenvalue weighted by atomic mass is 10.0. The summed E-state index contributed by atoms with van der Waals surface area (Å²) < 4.78 is 13.1. The van der Waals surface area contributed by atoms with E-state index in [-0.39, 0.29) is 11.7 Å². The van der Waals surface area contributed by atoms with E-state index in [0.717, 1.165) is 64.0 Å². The maximum absolute atomic E-state index is 13.1. The van der Waals surface area contributed by atoms with Crippen molar-refractivity contribution in [1.82, 2.24) is 14.8 Å². The van der Waals surface area contributed by atoms with Gasteiger partial charge in [-0.25, -0.2) is 9.37 Å². The van der Waals surface area contributed by atoms with Gasteiger partial charge in [0.15, 0.2) is 0 Å². The standard InChI is InChI=1S/C23H29FN4O/c24-19-8-6-18(7-9-19)17-27-15-10-20(11-16-27)26-22-21(5-4-12-25-22)23(29)28-13-2-1-3-14-28/h4-9,12,20H,1-3,10-11,13-17H2,(H,25,26). The third-order valence-electron chi connectivity index (χ3n) is 5.93. The molecule has 0 unspecified atom stereocenters. The molecule has 3 heterocycles. The molecule has 154 valence electrons. The number of hydrogen-bond acceptors (Lipinski definition) is 4. The van der Waals surface area contributed by atoms with Crippen LogP contribution in [0.15, 0.2) is 42.6 Å². The maximum Gasteiger partial charge on any atom is 0.257 e. The van der Waals surface area contributed by atoms with Crippen LogP contribution in [0.25, 0.3) is 0 Å². The Bertz CT molecular complexity index is 812. The van der Waals surface area contributed by atoms with Crippen LogP contribution >= 0.6 is 0 Å². The Hall–Kier alpha value is -2.47. The van der Waals surface area contributed by atoms with Gasteiger partial charge in [-0.05, 0) is 61.9 Å². The number of anilines is 1. The van der Waals surface area contributed by atoms with Crippen LogP contribution in [0.1, 0.15) is 48.0 Å². The van der Waals surface area contributed by atoms with Gasteiger partial charge >= 0.3 is 0 Å². The van der Waals surface area contributed by atoms with Gasteiger partial charge in [-0.1, -0.05) is 12.1 Å². The lowest BCUT2D eigenvalue weighted by Crippen LogP contribution is -2.40. The van der Waals surface area contributed by atoms with Crippen LogP contribution in [0.3, 0.4) is 0 Å². The van der Waals surface area contributed by atoms with Crippen LogP contribution < -0.4 is 5.32 Å². The SMILES string of the molecule is O=C(c1cccnc1NC1CCN(Cc2ccc(F)cc2)CC1)N1CCCCC1. The number of carbonyl (C=O) groups excluding carboxylic acids is 1. The van der Waals surface area contributed by atoms with Crippen molar-refractivity contribution >= 4 is 11.7 Å². The van der Waals surface area contributed by atoms with E-state index in [4.69, 9.17) is 0 Å². The van der Waals surface area contributed by atoms with E-state index in [1.165, 1.54) is 18.6 Å². The van der Waals surface area contributed by atoms with Crippen LogP contribution in [0, 0.1) is 5.82 Å². The van der Waals surface area contributed by atoms with Gasteiger partial charge in [-0.15, -0.1) is 0 Å². The van der Waals surface area contributed by atoms with Crippen LogP contribution in [0.2, 0.25) is 0 Å². The van der Waals surface area contributed by atoms with E-state index in [2.05, 4.69) is 15.2 Å². The Balaban J connectivity index is 1.33. The number of likely N-dealkylation sites (tertiary alicyclic amines) is 2. The fourth-order valence-corrected chi connectivity index (χ4v) is 4.24. The highest BCUT2D eigenvalue weighted by Crippen LogP contribution is 2.22. The number of rotatable bonds is 5. The summed E-state index contributed by atoms with van der Waals surface area (Å²) in [6.45, 7) is 4.47. The molecule has 0 spiro atoms. The van der Waals surface area contributed by atoms with Crippen molar-refractivity contribution in [2.24, 2.45) is 0 Å². The molecule has 0 saturated carbocycles. The Kier molecular flexibility index (Phi) is 6.39. The van der Waals surface area contributed by atoms with E-state index in [1.807, 2.05) is 29.2 Å². The van der Waals surface area contributed by atoms with Gasteiger partial charge in [-0.2, -0.15) is 0 Å². The quantitative estimate of drug-likeness (QED) is 0.832. The second-order valence-electron chi connectivity index (χ2n) is 8.07. The van der Waals surface area contributed by atoms with Crippen molar-refractivity contribution in [3.63, 3.8) is 0 Å². The normalized spacial score (nSPS) is 18.6. The Labute approximate surface area is 171 Å². The molecule has 2 fully saturated rings. The molecule has 6 heteroatoms. The van der Waals surface area contributed by atoms with Gasteiger partial charge in [0.2, 0.25) is 0 Å². The lowest BCUT2D eigenvalue weighted by molar-refractivity contribution is 0.0725. The summed E-state index contributed by atoms with van der Waals surface area (Å²) in [7, 11) is 0. The number of nitrogens with zero attached hydrogens (tertiary/aromatic N) is 3. The van der Waals surface area contributed by atoms with Gasteiger partial charge < -0.3 is 10.2 Å². The minimum absolute atomic E-state index is 0.0917. The van der Waals surface area contributed by atoms with Gasteiger partial charge in [0, 0.05) is 45.0 Å². The molecule has 0 radical (unpaired) electrons. The highest BCUT2D eigenvalue weighted by molar-refractivity contribution is 5.98. The lowest BCUT2D eigenvalue weighted by Gasteiger charge is -2.33. The summed E-state index contributed by atoms with van der Waals surface area (Å²) in [4.78, 5) is 21.8. The molecule has 4 rings (SSSR count). The summed E-state index contributed by atoms with van der Waals surface area (Å²) in [5, 5.41) is 3.53. The van der Waals surface area contributed by atoms with Crippen LogP contribution in [0.5, 0.6) is 0 Å². The Morgan fingerprint density at radius 2 is 1.76 bits per heavy atom. The van der Waals surface area contributed by atoms with E-state index in [1.54, 1.807) is 6.20 Å². The van der Waals surface area contributed by atoms with Gasteiger partial charge in [-0.3, -0.25) is 9.69 Å². The van der Waals surface area contributed by atoms with E-state index in [0.29, 0.717) is 17.4 Å². The molecule has 29 heavy (non-hydrogen) atoms. The van der Waals surface area contributed by atoms with Crippen molar-refractivity contribution < 1.29 is 9.18 Å². The van der Waals surface area contributed by atoms with Gasteiger partial charge in [0.25, 0.3) is 5.91 Å². The monoisotopic (exact) mass is 396 g/mol. The molecule has 2 saturated heterocycles. The molecule has 2 aliphatic heterocycles. The number of hydrogen-bond donors (Lipinski definition) is 1. The second kappa shape index (κ2) is 9.35. The zero-order chi connectivity index (χ0) is 20.1. The number of carbonyl (C=O) groups is 1. The molecule has 2 aromatic rings. The van der Waals surface area contributed by atoms with Crippen molar-refractivity contribution in [2.45, 2.75) is 44.7 Å². The van der Waals surface area contributed by atoms with Crippen LogP contribution in [-0.4, -0.2) is 52.9 Å². The summed E-state index contributed by atoms with van der Waals surface area (Å²) in [5.74, 6) is 0.607. The fourth-order valence-electron chi connectivity index (χ4n) is 4.24. The highest BCUT2D eigenvalue weighted by Gasteiger charge is 2.24. The molecule has 0 bridgehead atoms. The number of benzene rings is 1. The Morgan fingerprint density at radius 1 is 1.03 bits per heavy atom. The largest absolute Gasteiger partial charge is 0.367 e. The zero-order valence-corrected chi connectivity index (χ0v) is 16.8. The summed E-state index contributed by atoms with van der Waals surface area (Å²) in [6, 6.07) is 10.8. The number of nitrogens with one attached hydrogen (secondary N) is 1. The number of pyridine rings is 1. The Morgan fingerprint density at radius 3 is 2.48 bits per heavy atom. The topological polar surface area (TPSA) is 48.5 Å². The van der Waals surface area contributed by atoms with Crippen LogP contribution in [0.4, 0.5) is 10.2 Å². The number of piperidine rings is 2. The summed E-state index contributed by atoms with van der Waals surface area (Å²) in [5.41, 5.74) is 1.82. The minimum Gasteiger partial charge on any atom is -0.367 e. The summed E-state index contributed by atoms with van der Waals surface area (Å²) >= 11 is 0. The van der Waals surface area contributed by atoms with Gasteiger partial charge in [0.1, 0.15) is 11.6 Å². The number of amides is 1. The van der Waals surface area contributed by atoms with E-state index in [9.17, 15) is 9.18 Å². The second-order valence-corrected chi connectivity index (χ2v) is 8.07. The average Bonchev–Trinajstić information content (AvgIpc) is 2.77. The maximum atomic E-state index is 13.1. The first-order valence-electron chi connectivity index (χ1n) is 10.7. The highest BCUT2D eigenvalue weighted by atomic mass is 19.1. The predicted octanol–water partition coefficient (Wildman–Crippen LogP) is 3.92. The first kappa shape index (κ1) is 19.8. The third-order valence-corrected chi connectivity index (χ3v) is 5.93. The summed E-state index contributed by atoms with van der Waals surface area (Å²) in [6.07, 6.45) is 7.12. The predicted molar refractivity (Wildman–Crippen MR) is 112 cm³/mol. The molecule has 1 amide bonds. The zero-order valence-electron chi connectivity index (χ0n) is 16.8. The van der Waals surface area contributed by atoms with Crippen molar-refractivity contribution in [3.8, 4) is 0 Å². The molecule has 5 nitrogen and oxygen atoms in total. The molecule has 0 aliphatic carbocycles. The van der Waals surface area contributed by atoms with Crippen molar-refractivity contribution in [3.05, 3.63) is 59.5 Å². The molecule has 2 aliphatic rings. The smallest absolute Gasteiger partial charge is 0.257 e. The molecular weight excluding hydrogens is 367 g/mol. The molecule has 1 N–H and O–H groups in total. The fraction of sp³-hybridized carbons (Fsp3) is 0.478. The minimum atomic E-state index is -0.193.